The molecule has 0 bridgehead atoms. The first-order valence-electron chi connectivity index (χ1n) is 5.35. The third kappa shape index (κ3) is 2.79. The second-order valence-electron chi connectivity index (χ2n) is 4.30. The lowest BCUT2D eigenvalue weighted by Gasteiger charge is -2.06. The van der Waals surface area contributed by atoms with E-state index in [9.17, 15) is 4.79 Å². The van der Waals surface area contributed by atoms with E-state index in [4.69, 9.17) is 9.63 Å². The number of hydrogen-bond acceptors (Lipinski definition) is 5. The largest absolute Gasteiger partial charge is 0.481 e. The molecule has 1 saturated heterocycles. The summed E-state index contributed by atoms with van der Waals surface area (Å²) in [5, 5.41) is 12.4. The van der Waals surface area contributed by atoms with E-state index in [1.165, 1.54) is 0 Å². The van der Waals surface area contributed by atoms with Crippen molar-refractivity contribution < 1.29 is 14.4 Å². The highest BCUT2D eigenvalue weighted by atomic mass is 16.5. The fourth-order valence-electron chi connectivity index (χ4n) is 2.03. The van der Waals surface area contributed by atoms with Crippen LogP contribution in [0.2, 0.25) is 0 Å². The van der Waals surface area contributed by atoms with Crippen molar-refractivity contribution in [2.45, 2.75) is 19.3 Å². The number of carbonyl (C=O) groups is 1. The van der Waals surface area contributed by atoms with Crippen LogP contribution in [0.1, 0.15) is 18.1 Å². The van der Waals surface area contributed by atoms with Gasteiger partial charge in [-0.05, 0) is 25.9 Å². The summed E-state index contributed by atoms with van der Waals surface area (Å²) in [5.74, 6) is 0.418. The third-order valence-electron chi connectivity index (χ3n) is 2.77. The Bertz CT molecular complexity index is 377. The molecule has 0 saturated carbocycles. The standard InChI is InChI=1S/C10H15N3O3/c1-13-3-2-7(6-13)4-8-11-9(16-12-8)5-10(14)15/h7H,2-6H2,1H3,(H,14,15). The molecule has 16 heavy (non-hydrogen) atoms. The fraction of sp³-hybridized carbons (Fsp3) is 0.700. The van der Waals surface area contributed by atoms with E-state index in [-0.39, 0.29) is 12.3 Å². The van der Waals surface area contributed by atoms with Crippen LogP contribution in [0.3, 0.4) is 0 Å². The van der Waals surface area contributed by atoms with Crippen LogP contribution in [0.4, 0.5) is 0 Å². The number of carboxylic acid groups (broad SMARTS) is 1. The lowest BCUT2D eigenvalue weighted by molar-refractivity contribution is -0.136. The fourth-order valence-corrected chi connectivity index (χ4v) is 2.03. The number of nitrogens with zero attached hydrogens (tertiary/aromatic N) is 3. The van der Waals surface area contributed by atoms with Gasteiger partial charge < -0.3 is 14.5 Å². The maximum atomic E-state index is 10.4. The van der Waals surface area contributed by atoms with Crippen molar-refractivity contribution in [2.24, 2.45) is 5.92 Å². The summed E-state index contributed by atoms with van der Waals surface area (Å²) in [6.45, 7) is 2.15. The highest BCUT2D eigenvalue weighted by molar-refractivity contribution is 5.68. The topological polar surface area (TPSA) is 79.5 Å². The molecule has 0 spiro atoms. The van der Waals surface area contributed by atoms with Gasteiger partial charge in [-0.15, -0.1) is 0 Å². The Morgan fingerprint density at radius 1 is 1.69 bits per heavy atom. The van der Waals surface area contributed by atoms with Crippen LogP contribution in [0, 0.1) is 5.92 Å². The maximum Gasteiger partial charge on any atom is 0.312 e. The van der Waals surface area contributed by atoms with Crippen molar-refractivity contribution in [3.8, 4) is 0 Å². The van der Waals surface area contributed by atoms with Crippen LogP contribution in [0.5, 0.6) is 0 Å². The molecule has 0 radical (unpaired) electrons. The molecule has 1 aromatic heterocycles. The maximum absolute atomic E-state index is 10.4. The average Bonchev–Trinajstić information content (AvgIpc) is 2.76. The quantitative estimate of drug-likeness (QED) is 0.788. The second kappa shape index (κ2) is 4.61. The van der Waals surface area contributed by atoms with Gasteiger partial charge in [-0.1, -0.05) is 5.16 Å². The van der Waals surface area contributed by atoms with Gasteiger partial charge in [0.15, 0.2) is 5.82 Å². The first-order chi connectivity index (χ1) is 7.63. The Labute approximate surface area is 93.2 Å². The van der Waals surface area contributed by atoms with Crippen LogP contribution in [-0.4, -0.2) is 46.3 Å². The van der Waals surface area contributed by atoms with Crippen LogP contribution in [-0.2, 0) is 17.6 Å². The smallest absolute Gasteiger partial charge is 0.312 e. The summed E-state index contributed by atoms with van der Waals surface area (Å²) >= 11 is 0. The number of likely N-dealkylation sites (tertiary alicyclic amines) is 1. The molecule has 2 heterocycles. The van der Waals surface area contributed by atoms with Crippen molar-refractivity contribution in [1.29, 1.82) is 0 Å². The predicted molar refractivity (Wildman–Crippen MR) is 54.9 cm³/mol. The van der Waals surface area contributed by atoms with E-state index < -0.39 is 5.97 Å². The van der Waals surface area contributed by atoms with Crippen molar-refractivity contribution in [2.75, 3.05) is 20.1 Å². The monoisotopic (exact) mass is 225 g/mol. The molecule has 6 nitrogen and oxygen atoms in total. The average molecular weight is 225 g/mol. The zero-order valence-electron chi connectivity index (χ0n) is 9.22. The highest BCUT2D eigenvalue weighted by Crippen LogP contribution is 2.18. The number of rotatable bonds is 4. The lowest BCUT2D eigenvalue weighted by atomic mass is 10.1. The molecular formula is C10H15N3O3. The zero-order chi connectivity index (χ0) is 11.5. The Hall–Kier alpha value is -1.43. The minimum Gasteiger partial charge on any atom is -0.481 e. The van der Waals surface area contributed by atoms with Crippen molar-refractivity contribution >= 4 is 5.97 Å². The normalized spacial score (nSPS) is 21.4. The van der Waals surface area contributed by atoms with Gasteiger partial charge in [-0.3, -0.25) is 4.79 Å². The Morgan fingerprint density at radius 3 is 3.12 bits per heavy atom. The van der Waals surface area contributed by atoms with Crippen LogP contribution in [0.15, 0.2) is 4.52 Å². The van der Waals surface area contributed by atoms with Gasteiger partial charge in [0, 0.05) is 13.0 Å². The summed E-state index contributed by atoms with van der Waals surface area (Å²) in [4.78, 5) is 16.8. The predicted octanol–water partition coefficient (Wildman–Crippen LogP) is 0.191. The molecule has 0 amide bonds. The van der Waals surface area contributed by atoms with Crippen LogP contribution >= 0.6 is 0 Å². The number of aromatic nitrogens is 2. The molecule has 1 aliphatic heterocycles. The Balaban J connectivity index is 1.90. The van der Waals surface area contributed by atoms with Gasteiger partial charge in [0.05, 0.1) is 0 Å². The molecule has 2 rings (SSSR count). The van der Waals surface area contributed by atoms with Crippen molar-refractivity contribution in [3.05, 3.63) is 11.7 Å². The summed E-state index contributed by atoms with van der Waals surface area (Å²) in [5.41, 5.74) is 0. The van der Waals surface area contributed by atoms with Crippen LogP contribution < -0.4 is 0 Å². The van der Waals surface area contributed by atoms with Gasteiger partial charge in [-0.2, -0.15) is 4.98 Å². The summed E-state index contributed by atoms with van der Waals surface area (Å²) in [6.07, 6.45) is 1.71. The van der Waals surface area contributed by atoms with Crippen molar-refractivity contribution in [1.82, 2.24) is 15.0 Å². The van der Waals surface area contributed by atoms with E-state index in [1.54, 1.807) is 0 Å². The molecule has 1 unspecified atom stereocenters. The van der Waals surface area contributed by atoms with E-state index in [0.29, 0.717) is 11.7 Å². The van der Waals surface area contributed by atoms with E-state index >= 15 is 0 Å². The van der Waals surface area contributed by atoms with Gasteiger partial charge in [0.2, 0.25) is 5.89 Å². The third-order valence-corrected chi connectivity index (χ3v) is 2.77. The minimum atomic E-state index is -0.948. The van der Waals surface area contributed by atoms with Crippen molar-refractivity contribution in [3.63, 3.8) is 0 Å². The Kier molecular flexibility index (Phi) is 3.19. The lowest BCUT2D eigenvalue weighted by Crippen LogP contribution is -2.15. The van der Waals surface area contributed by atoms with E-state index in [1.807, 2.05) is 0 Å². The summed E-state index contributed by atoms with van der Waals surface area (Å²) in [6, 6.07) is 0. The zero-order valence-corrected chi connectivity index (χ0v) is 9.22. The van der Waals surface area contributed by atoms with E-state index in [0.717, 1.165) is 25.9 Å². The molecule has 0 aromatic carbocycles. The number of aliphatic carboxylic acids is 1. The first-order valence-corrected chi connectivity index (χ1v) is 5.35. The molecule has 88 valence electrons. The second-order valence-corrected chi connectivity index (χ2v) is 4.30. The van der Waals surface area contributed by atoms with Crippen LogP contribution in [0.25, 0.3) is 0 Å². The summed E-state index contributed by atoms with van der Waals surface area (Å²) in [7, 11) is 2.09. The molecule has 1 fully saturated rings. The first kappa shape index (κ1) is 11.1. The van der Waals surface area contributed by atoms with Gasteiger partial charge >= 0.3 is 5.97 Å². The summed E-state index contributed by atoms with van der Waals surface area (Å²) < 4.78 is 4.86. The SMILES string of the molecule is CN1CCC(Cc2noc(CC(=O)O)n2)C1. The highest BCUT2D eigenvalue weighted by Gasteiger charge is 2.22. The molecule has 1 atom stereocenters. The number of hydrogen-bond donors (Lipinski definition) is 1. The molecule has 6 heteroatoms. The van der Waals surface area contributed by atoms with Gasteiger partial charge in [-0.25, -0.2) is 0 Å². The van der Waals surface area contributed by atoms with Gasteiger partial charge in [0.25, 0.3) is 0 Å². The molecule has 1 aromatic rings. The molecule has 1 aliphatic rings. The Morgan fingerprint density at radius 2 is 2.50 bits per heavy atom. The van der Waals surface area contributed by atoms with Gasteiger partial charge in [0.1, 0.15) is 6.42 Å². The molecule has 0 aliphatic carbocycles. The van der Waals surface area contributed by atoms with E-state index in [2.05, 4.69) is 22.1 Å². The molecule has 1 N–H and O–H groups in total. The molecular weight excluding hydrogens is 210 g/mol. The number of carboxylic acids is 1. The minimum absolute atomic E-state index is 0.189.